The summed E-state index contributed by atoms with van der Waals surface area (Å²) in [4.78, 5) is 36.7. The molecule has 1 aliphatic rings. The van der Waals surface area contributed by atoms with Crippen molar-refractivity contribution in [1.29, 1.82) is 0 Å². The van der Waals surface area contributed by atoms with Crippen LogP contribution >= 0.6 is 11.3 Å². The van der Waals surface area contributed by atoms with Crippen molar-refractivity contribution in [2.45, 2.75) is 39.2 Å². The molecule has 3 atom stereocenters. The predicted octanol–water partition coefficient (Wildman–Crippen LogP) is 4.09. The molecule has 1 saturated carbocycles. The number of rotatable bonds is 7. The Kier molecular flexibility index (Phi) is 5.41. The third kappa shape index (κ3) is 3.92. The molecule has 0 saturated heterocycles. The Balaban J connectivity index is 1.37. The summed E-state index contributed by atoms with van der Waals surface area (Å²) >= 11 is 1.46. The van der Waals surface area contributed by atoms with Crippen LogP contribution in [0.4, 0.5) is 0 Å². The molecule has 1 aliphatic carbocycles. The molecule has 0 spiro atoms. The highest BCUT2D eigenvalue weighted by molar-refractivity contribution is 7.14. The van der Waals surface area contributed by atoms with Gasteiger partial charge < -0.3 is 15.2 Å². The third-order valence-corrected chi connectivity index (χ3v) is 6.82. The van der Waals surface area contributed by atoms with Crippen LogP contribution in [0.15, 0.2) is 36.4 Å². The summed E-state index contributed by atoms with van der Waals surface area (Å²) in [6.07, 6.45) is 0.814. The number of para-hydroxylation sites is 2. The van der Waals surface area contributed by atoms with Crippen molar-refractivity contribution in [3.8, 4) is 0 Å². The van der Waals surface area contributed by atoms with E-state index in [4.69, 9.17) is 0 Å². The first-order chi connectivity index (χ1) is 14.0. The fraction of sp³-hybridized carbons (Fsp3) is 0.409. The van der Waals surface area contributed by atoms with Crippen LogP contribution in [0.3, 0.4) is 0 Å². The highest BCUT2D eigenvalue weighted by atomic mass is 32.1. The Bertz CT molecular complexity index is 1000. The summed E-state index contributed by atoms with van der Waals surface area (Å²) in [5.41, 5.74) is 1.94. The van der Waals surface area contributed by atoms with E-state index < -0.39 is 0 Å². The Morgan fingerprint density at radius 2 is 2.00 bits per heavy atom. The summed E-state index contributed by atoms with van der Waals surface area (Å²) in [7, 11) is 0. The molecule has 7 heteroatoms. The SMILES string of the molecule is CCN(CC)C(=O)c1ccc(C(C)NC(=O)[C@H]2C[C@@H]2c2nc3ccccc3[nH]2)s1. The van der Waals surface area contributed by atoms with E-state index in [0.29, 0.717) is 13.1 Å². The van der Waals surface area contributed by atoms with Crippen LogP contribution in [-0.2, 0) is 4.79 Å². The second-order valence-electron chi connectivity index (χ2n) is 7.50. The first-order valence-corrected chi connectivity index (χ1v) is 11.0. The smallest absolute Gasteiger partial charge is 0.263 e. The van der Waals surface area contributed by atoms with Gasteiger partial charge >= 0.3 is 0 Å². The van der Waals surface area contributed by atoms with E-state index >= 15 is 0 Å². The molecule has 4 rings (SSSR count). The largest absolute Gasteiger partial charge is 0.349 e. The minimum Gasteiger partial charge on any atom is -0.349 e. The van der Waals surface area contributed by atoms with Crippen LogP contribution in [0.25, 0.3) is 11.0 Å². The number of H-pyrrole nitrogens is 1. The fourth-order valence-corrected chi connectivity index (χ4v) is 4.67. The van der Waals surface area contributed by atoms with Gasteiger partial charge in [-0.15, -0.1) is 11.3 Å². The second kappa shape index (κ2) is 7.99. The monoisotopic (exact) mass is 410 g/mol. The fourth-order valence-electron chi connectivity index (χ4n) is 3.69. The van der Waals surface area contributed by atoms with Gasteiger partial charge in [0.2, 0.25) is 5.91 Å². The van der Waals surface area contributed by atoms with Gasteiger partial charge in [-0.1, -0.05) is 12.1 Å². The summed E-state index contributed by atoms with van der Waals surface area (Å²) in [5.74, 6) is 1.10. The topological polar surface area (TPSA) is 78.1 Å². The number of aromatic nitrogens is 2. The molecular weight excluding hydrogens is 384 g/mol. The van der Waals surface area contributed by atoms with E-state index in [-0.39, 0.29) is 29.7 Å². The zero-order valence-electron chi connectivity index (χ0n) is 16.9. The van der Waals surface area contributed by atoms with Gasteiger partial charge in [-0.25, -0.2) is 4.98 Å². The minimum absolute atomic E-state index is 0.0465. The van der Waals surface area contributed by atoms with Crippen molar-refractivity contribution < 1.29 is 9.59 Å². The molecule has 2 heterocycles. The average Bonchev–Trinajstić information content (AvgIpc) is 3.17. The van der Waals surface area contributed by atoms with Crippen molar-refractivity contribution in [2.75, 3.05) is 13.1 Å². The Morgan fingerprint density at radius 1 is 1.24 bits per heavy atom. The molecule has 0 bridgehead atoms. The Labute approximate surface area is 174 Å². The van der Waals surface area contributed by atoms with E-state index in [1.165, 1.54) is 11.3 Å². The maximum Gasteiger partial charge on any atom is 0.263 e. The molecule has 1 unspecified atom stereocenters. The molecule has 2 amide bonds. The molecule has 1 fully saturated rings. The lowest BCUT2D eigenvalue weighted by Gasteiger charge is -2.17. The molecule has 29 heavy (non-hydrogen) atoms. The zero-order valence-corrected chi connectivity index (χ0v) is 17.8. The standard InChI is InChI=1S/C22H26N4O2S/c1-4-26(5-2)22(28)19-11-10-18(29-19)13(3)23-21(27)15-12-14(15)20-24-16-8-6-7-9-17(16)25-20/h6-11,13-15H,4-5,12H2,1-3H3,(H,23,27)(H,24,25)/t13?,14-,15-/m0/s1. The lowest BCUT2D eigenvalue weighted by molar-refractivity contribution is -0.123. The number of carbonyl (C=O) groups excluding carboxylic acids is 2. The summed E-state index contributed by atoms with van der Waals surface area (Å²) in [5, 5.41) is 3.11. The van der Waals surface area contributed by atoms with Crippen molar-refractivity contribution in [3.63, 3.8) is 0 Å². The molecular formula is C22H26N4O2S. The van der Waals surface area contributed by atoms with Gasteiger partial charge in [0.1, 0.15) is 5.82 Å². The van der Waals surface area contributed by atoms with Gasteiger partial charge in [0.15, 0.2) is 0 Å². The number of benzene rings is 1. The highest BCUT2D eigenvalue weighted by Gasteiger charge is 2.46. The van der Waals surface area contributed by atoms with E-state index in [9.17, 15) is 9.59 Å². The number of thiophene rings is 1. The van der Waals surface area contributed by atoms with E-state index in [1.807, 2.05) is 57.2 Å². The molecule has 2 aromatic heterocycles. The molecule has 1 aromatic carbocycles. The van der Waals surface area contributed by atoms with E-state index in [2.05, 4.69) is 15.3 Å². The third-order valence-electron chi connectivity index (χ3n) is 5.56. The molecule has 3 aromatic rings. The maximum atomic E-state index is 12.7. The molecule has 152 valence electrons. The van der Waals surface area contributed by atoms with Crippen LogP contribution in [0.1, 0.15) is 59.5 Å². The van der Waals surface area contributed by atoms with Crippen LogP contribution in [0.2, 0.25) is 0 Å². The predicted molar refractivity (Wildman–Crippen MR) is 115 cm³/mol. The molecule has 6 nitrogen and oxygen atoms in total. The Morgan fingerprint density at radius 3 is 2.72 bits per heavy atom. The molecule has 2 N–H and O–H groups in total. The van der Waals surface area contributed by atoms with Crippen LogP contribution in [-0.4, -0.2) is 39.8 Å². The number of fused-ring (bicyclic) bond motifs is 1. The summed E-state index contributed by atoms with van der Waals surface area (Å²) in [6.45, 7) is 7.31. The number of carbonyl (C=O) groups is 2. The number of nitrogens with one attached hydrogen (secondary N) is 2. The first-order valence-electron chi connectivity index (χ1n) is 10.2. The van der Waals surface area contributed by atoms with Crippen molar-refractivity contribution in [2.24, 2.45) is 5.92 Å². The van der Waals surface area contributed by atoms with Crippen molar-refractivity contribution >= 4 is 34.2 Å². The van der Waals surface area contributed by atoms with Gasteiger partial charge in [-0.2, -0.15) is 0 Å². The minimum atomic E-state index is -0.123. The maximum absolute atomic E-state index is 12.7. The van der Waals surface area contributed by atoms with Gasteiger partial charge in [0, 0.05) is 29.8 Å². The highest BCUT2D eigenvalue weighted by Crippen LogP contribution is 2.47. The number of aromatic amines is 1. The lowest BCUT2D eigenvalue weighted by atomic mass is 10.2. The van der Waals surface area contributed by atoms with Gasteiger partial charge in [-0.05, 0) is 51.5 Å². The number of hydrogen-bond acceptors (Lipinski definition) is 4. The number of amides is 2. The van der Waals surface area contributed by atoms with Crippen molar-refractivity contribution in [1.82, 2.24) is 20.2 Å². The molecule has 0 radical (unpaired) electrons. The van der Waals surface area contributed by atoms with Crippen LogP contribution in [0.5, 0.6) is 0 Å². The zero-order chi connectivity index (χ0) is 20.5. The number of hydrogen-bond donors (Lipinski definition) is 2. The summed E-state index contributed by atoms with van der Waals surface area (Å²) in [6, 6.07) is 11.6. The Hall–Kier alpha value is -2.67. The first kappa shape index (κ1) is 19.6. The van der Waals surface area contributed by atoms with Gasteiger partial charge in [0.05, 0.1) is 22.0 Å². The van der Waals surface area contributed by atoms with Gasteiger partial charge in [-0.3, -0.25) is 9.59 Å². The molecule has 0 aliphatic heterocycles. The number of nitrogens with zero attached hydrogens (tertiary/aromatic N) is 2. The van der Waals surface area contributed by atoms with E-state index in [0.717, 1.165) is 33.0 Å². The number of imidazole rings is 1. The van der Waals surface area contributed by atoms with Gasteiger partial charge in [0.25, 0.3) is 5.91 Å². The average molecular weight is 411 g/mol. The lowest BCUT2D eigenvalue weighted by Crippen LogP contribution is -2.29. The second-order valence-corrected chi connectivity index (χ2v) is 8.61. The van der Waals surface area contributed by atoms with Crippen LogP contribution in [0, 0.1) is 5.92 Å². The quantitative estimate of drug-likeness (QED) is 0.616. The van der Waals surface area contributed by atoms with Crippen LogP contribution < -0.4 is 5.32 Å². The normalized spacial score (nSPS) is 19.1. The van der Waals surface area contributed by atoms with E-state index in [1.54, 1.807) is 4.90 Å². The summed E-state index contributed by atoms with van der Waals surface area (Å²) < 4.78 is 0. The van der Waals surface area contributed by atoms with Crippen molar-refractivity contribution in [3.05, 3.63) is 52.0 Å².